The molecule has 2 aliphatic carbocycles. The van der Waals surface area contributed by atoms with Crippen LogP contribution in [0.4, 0.5) is 17.6 Å². The van der Waals surface area contributed by atoms with E-state index in [1.54, 1.807) is 0 Å². The molecule has 2 fully saturated rings. The van der Waals surface area contributed by atoms with Crippen LogP contribution >= 0.6 is 0 Å². The van der Waals surface area contributed by atoms with Crippen LogP contribution in [-0.2, 0) is 4.74 Å². The van der Waals surface area contributed by atoms with Crippen molar-refractivity contribution in [1.29, 1.82) is 0 Å². The Bertz CT molecular complexity index is 241. The molecule has 0 amide bonds. The van der Waals surface area contributed by atoms with Gasteiger partial charge in [0.15, 0.2) is 0 Å². The van der Waals surface area contributed by atoms with Crippen LogP contribution in [-0.4, -0.2) is 24.1 Å². The van der Waals surface area contributed by atoms with E-state index in [1.165, 1.54) is 0 Å². The summed E-state index contributed by atoms with van der Waals surface area (Å²) in [6.07, 6.45) is 0.0536. The monoisotopic (exact) mass is 254 g/mol. The van der Waals surface area contributed by atoms with Gasteiger partial charge in [-0.05, 0) is 25.7 Å². The van der Waals surface area contributed by atoms with E-state index in [0.717, 1.165) is 0 Å². The molecule has 0 aromatic carbocycles. The fourth-order valence-corrected chi connectivity index (χ4v) is 2.76. The van der Waals surface area contributed by atoms with Crippen LogP contribution in [0.3, 0.4) is 0 Å². The van der Waals surface area contributed by atoms with Crippen LogP contribution < -0.4 is 0 Å². The minimum atomic E-state index is -2.68. The molecule has 0 radical (unpaired) electrons. The highest BCUT2D eigenvalue weighted by atomic mass is 19.3. The molecule has 0 aromatic rings. The predicted molar refractivity (Wildman–Crippen MR) is 55.5 cm³/mol. The Balaban J connectivity index is 1.84. The quantitative estimate of drug-likeness (QED) is 0.672. The number of rotatable bonds is 2. The molecule has 17 heavy (non-hydrogen) atoms. The Morgan fingerprint density at radius 2 is 1.18 bits per heavy atom. The summed E-state index contributed by atoms with van der Waals surface area (Å²) in [5.74, 6) is -5.36. The molecule has 2 saturated carbocycles. The van der Waals surface area contributed by atoms with Gasteiger partial charge in [-0.1, -0.05) is 0 Å². The minimum Gasteiger partial charge on any atom is -0.375 e. The standard InChI is InChI=1S/C12H18F4O/c13-11(14)5-1-3-9(7-11)17-10-4-2-6-12(15,16)8-10/h9-10H,1-8H2. The zero-order valence-electron chi connectivity index (χ0n) is 9.73. The first-order valence-corrected chi connectivity index (χ1v) is 6.27. The third-order valence-corrected chi connectivity index (χ3v) is 3.57. The summed E-state index contributed by atoms with van der Waals surface area (Å²) < 4.78 is 58.0. The molecule has 2 unspecified atom stereocenters. The normalized spacial score (nSPS) is 36.7. The van der Waals surface area contributed by atoms with Crippen molar-refractivity contribution in [3.05, 3.63) is 0 Å². The Morgan fingerprint density at radius 3 is 1.53 bits per heavy atom. The third-order valence-electron chi connectivity index (χ3n) is 3.57. The lowest BCUT2D eigenvalue weighted by Gasteiger charge is -2.35. The molecular weight excluding hydrogens is 236 g/mol. The molecule has 0 N–H and O–H groups in total. The maximum Gasteiger partial charge on any atom is 0.250 e. The van der Waals surface area contributed by atoms with Gasteiger partial charge in [-0.3, -0.25) is 0 Å². The van der Waals surface area contributed by atoms with Gasteiger partial charge in [0.25, 0.3) is 11.8 Å². The second-order valence-electron chi connectivity index (χ2n) is 5.28. The summed E-state index contributed by atoms with van der Waals surface area (Å²) in [4.78, 5) is 0. The van der Waals surface area contributed by atoms with Crippen molar-refractivity contribution < 1.29 is 22.3 Å². The summed E-state index contributed by atoms with van der Waals surface area (Å²) in [5, 5.41) is 0. The van der Waals surface area contributed by atoms with E-state index in [4.69, 9.17) is 4.74 Å². The van der Waals surface area contributed by atoms with Crippen molar-refractivity contribution in [1.82, 2.24) is 0 Å². The average Bonchev–Trinajstić information content (AvgIpc) is 2.13. The van der Waals surface area contributed by atoms with Gasteiger partial charge in [-0.25, -0.2) is 17.6 Å². The smallest absolute Gasteiger partial charge is 0.250 e. The highest BCUT2D eigenvalue weighted by Gasteiger charge is 2.41. The van der Waals surface area contributed by atoms with Gasteiger partial charge in [0, 0.05) is 25.7 Å². The maximum atomic E-state index is 13.1. The van der Waals surface area contributed by atoms with E-state index in [0.29, 0.717) is 25.7 Å². The molecule has 0 spiro atoms. The summed E-state index contributed by atoms with van der Waals surface area (Å²) in [6, 6.07) is 0. The largest absolute Gasteiger partial charge is 0.375 e. The molecule has 2 aliphatic rings. The number of alkyl halides is 4. The van der Waals surface area contributed by atoms with Crippen molar-refractivity contribution >= 4 is 0 Å². The lowest BCUT2D eigenvalue weighted by atomic mass is 9.91. The number of halogens is 4. The van der Waals surface area contributed by atoms with Crippen LogP contribution in [0.2, 0.25) is 0 Å². The van der Waals surface area contributed by atoms with Gasteiger partial charge in [-0.2, -0.15) is 0 Å². The Kier molecular flexibility index (Phi) is 3.66. The number of hydrogen-bond acceptors (Lipinski definition) is 1. The molecule has 0 heterocycles. The van der Waals surface area contributed by atoms with Gasteiger partial charge < -0.3 is 4.74 Å². The van der Waals surface area contributed by atoms with Gasteiger partial charge in [0.2, 0.25) is 0 Å². The lowest BCUT2D eigenvalue weighted by molar-refractivity contribution is -0.149. The Labute approximate surface area is 98.5 Å². The molecule has 1 nitrogen and oxygen atoms in total. The third kappa shape index (κ3) is 3.83. The Hall–Kier alpha value is -0.320. The number of hydrogen-bond donors (Lipinski definition) is 0. The molecule has 5 heteroatoms. The van der Waals surface area contributed by atoms with Gasteiger partial charge in [0.1, 0.15) is 0 Å². The van der Waals surface area contributed by atoms with Crippen LogP contribution in [0.15, 0.2) is 0 Å². The van der Waals surface area contributed by atoms with Gasteiger partial charge in [0.05, 0.1) is 12.2 Å². The van der Waals surface area contributed by atoms with Crippen molar-refractivity contribution in [3.8, 4) is 0 Å². The SMILES string of the molecule is FC1(F)CCCC(OC2CCCC(F)(F)C2)C1. The molecule has 0 aliphatic heterocycles. The first-order valence-electron chi connectivity index (χ1n) is 6.27. The second-order valence-corrected chi connectivity index (χ2v) is 5.28. The van der Waals surface area contributed by atoms with E-state index in [2.05, 4.69) is 0 Å². The Morgan fingerprint density at radius 1 is 0.765 bits per heavy atom. The molecule has 0 bridgehead atoms. The van der Waals surface area contributed by atoms with Crippen LogP contribution in [0.25, 0.3) is 0 Å². The second kappa shape index (κ2) is 4.75. The van der Waals surface area contributed by atoms with Crippen molar-refractivity contribution in [2.24, 2.45) is 0 Å². The highest BCUT2D eigenvalue weighted by molar-refractivity contribution is 4.83. The van der Waals surface area contributed by atoms with Crippen molar-refractivity contribution in [3.63, 3.8) is 0 Å². The maximum absolute atomic E-state index is 13.1. The minimum absolute atomic E-state index is 0.103. The van der Waals surface area contributed by atoms with Crippen LogP contribution in [0.5, 0.6) is 0 Å². The van der Waals surface area contributed by atoms with E-state index < -0.39 is 24.1 Å². The average molecular weight is 254 g/mol. The van der Waals surface area contributed by atoms with E-state index in [9.17, 15) is 17.6 Å². The molecule has 2 atom stereocenters. The molecule has 0 aromatic heterocycles. The van der Waals surface area contributed by atoms with Gasteiger partial charge >= 0.3 is 0 Å². The topological polar surface area (TPSA) is 9.23 Å². The van der Waals surface area contributed by atoms with Crippen LogP contribution in [0.1, 0.15) is 51.4 Å². The molecule has 100 valence electrons. The zero-order chi connectivity index (χ0) is 12.5. The number of ether oxygens (including phenoxy) is 1. The van der Waals surface area contributed by atoms with E-state index in [1.807, 2.05) is 0 Å². The predicted octanol–water partition coefficient (Wildman–Crippen LogP) is 4.16. The summed E-state index contributed by atoms with van der Waals surface area (Å²) in [5.41, 5.74) is 0. The summed E-state index contributed by atoms with van der Waals surface area (Å²) >= 11 is 0. The molecule has 0 saturated heterocycles. The first kappa shape index (κ1) is 13.1. The highest BCUT2D eigenvalue weighted by Crippen LogP contribution is 2.39. The van der Waals surface area contributed by atoms with Crippen molar-refractivity contribution in [2.75, 3.05) is 0 Å². The fourth-order valence-electron chi connectivity index (χ4n) is 2.76. The van der Waals surface area contributed by atoms with Crippen molar-refractivity contribution in [2.45, 2.75) is 75.4 Å². The molecule has 2 rings (SSSR count). The zero-order valence-corrected chi connectivity index (χ0v) is 9.73. The lowest BCUT2D eigenvalue weighted by Crippen LogP contribution is -2.37. The van der Waals surface area contributed by atoms with Gasteiger partial charge in [-0.15, -0.1) is 0 Å². The van der Waals surface area contributed by atoms with E-state index in [-0.39, 0.29) is 25.7 Å². The molecular formula is C12H18F4O. The van der Waals surface area contributed by atoms with E-state index >= 15 is 0 Å². The first-order chi connectivity index (χ1) is 7.86. The van der Waals surface area contributed by atoms with Crippen LogP contribution in [0, 0.1) is 0 Å². The summed E-state index contributed by atoms with van der Waals surface area (Å²) in [7, 11) is 0. The summed E-state index contributed by atoms with van der Waals surface area (Å²) in [6.45, 7) is 0. The fraction of sp³-hybridized carbons (Fsp3) is 1.00.